The number of carboxylic acid groups (broad SMARTS) is 1. The van der Waals surface area contributed by atoms with Crippen molar-refractivity contribution in [3.8, 4) is 5.69 Å². The van der Waals surface area contributed by atoms with Crippen LogP contribution in [-0.2, 0) is 4.79 Å². The smallest absolute Gasteiger partial charge is 0.308 e. The molecule has 1 fully saturated rings. The lowest BCUT2D eigenvalue weighted by molar-refractivity contribution is -0.141. The molecule has 1 aliphatic heterocycles. The van der Waals surface area contributed by atoms with Crippen LogP contribution in [-0.4, -0.2) is 44.8 Å². The number of aliphatic carboxylic acids is 1. The van der Waals surface area contributed by atoms with Gasteiger partial charge < -0.3 is 10.0 Å². The van der Waals surface area contributed by atoms with Gasteiger partial charge in [-0.15, -0.1) is 0 Å². The molecule has 1 aromatic carbocycles. The van der Waals surface area contributed by atoms with Crippen molar-refractivity contribution < 1.29 is 14.7 Å². The van der Waals surface area contributed by atoms with E-state index in [2.05, 4.69) is 5.10 Å². The van der Waals surface area contributed by atoms with Gasteiger partial charge in [0, 0.05) is 31.0 Å². The van der Waals surface area contributed by atoms with Crippen molar-refractivity contribution >= 4 is 11.9 Å². The Bertz CT molecular complexity index is 649. The molecule has 3 rings (SSSR count). The topological polar surface area (TPSA) is 75.4 Å². The van der Waals surface area contributed by atoms with E-state index < -0.39 is 11.9 Å². The summed E-state index contributed by atoms with van der Waals surface area (Å²) in [6, 6.07) is 8.96. The molecule has 1 amide bonds. The van der Waals surface area contributed by atoms with Crippen molar-refractivity contribution in [2.24, 2.45) is 5.92 Å². The van der Waals surface area contributed by atoms with Crippen LogP contribution in [0.5, 0.6) is 0 Å². The van der Waals surface area contributed by atoms with Gasteiger partial charge in [0.05, 0.1) is 11.6 Å². The van der Waals surface area contributed by atoms with Gasteiger partial charge in [-0.05, 0) is 36.8 Å². The maximum absolute atomic E-state index is 12.3. The molecule has 1 saturated heterocycles. The minimum Gasteiger partial charge on any atom is -0.481 e. The molecular formula is C15H15N3O3. The van der Waals surface area contributed by atoms with Crippen LogP contribution >= 0.6 is 0 Å². The first kappa shape index (κ1) is 13.4. The molecule has 0 radical (unpaired) electrons. The number of nitrogens with zero attached hydrogens (tertiary/aromatic N) is 3. The van der Waals surface area contributed by atoms with Crippen molar-refractivity contribution in [1.29, 1.82) is 0 Å². The minimum atomic E-state index is -0.834. The predicted molar refractivity (Wildman–Crippen MR) is 75.2 cm³/mol. The molecule has 1 N–H and O–H groups in total. The van der Waals surface area contributed by atoms with E-state index in [4.69, 9.17) is 5.11 Å². The fraction of sp³-hybridized carbons (Fsp3) is 0.267. The number of hydrogen-bond donors (Lipinski definition) is 1. The Morgan fingerprint density at radius 1 is 1.24 bits per heavy atom. The largest absolute Gasteiger partial charge is 0.481 e. The van der Waals surface area contributed by atoms with E-state index in [1.807, 2.05) is 24.4 Å². The Hall–Kier alpha value is -2.63. The van der Waals surface area contributed by atoms with Crippen LogP contribution < -0.4 is 0 Å². The van der Waals surface area contributed by atoms with Gasteiger partial charge in [0.2, 0.25) is 0 Å². The average molecular weight is 285 g/mol. The number of benzene rings is 1. The summed E-state index contributed by atoms with van der Waals surface area (Å²) in [4.78, 5) is 24.9. The molecule has 21 heavy (non-hydrogen) atoms. The third kappa shape index (κ3) is 2.65. The summed E-state index contributed by atoms with van der Waals surface area (Å²) in [5, 5.41) is 13.1. The number of carbonyl (C=O) groups is 2. The maximum Gasteiger partial charge on any atom is 0.308 e. The SMILES string of the molecule is O=C(O)[C@@H]1CCN(C(=O)c2ccc(-n3cccn3)cc2)C1. The van der Waals surface area contributed by atoms with E-state index in [1.54, 1.807) is 27.9 Å². The number of likely N-dealkylation sites (tertiary alicyclic amines) is 1. The second-order valence-electron chi connectivity index (χ2n) is 5.07. The number of rotatable bonds is 3. The summed E-state index contributed by atoms with van der Waals surface area (Å²) in [6.45, 7) is 0.784. The minimum absolute atomic E-state index is 0.120. The van der Waals surface area contributed by atoms with E-state index in [1.165, 1.54) is 0 Å². The summed E-state index contributed by atoms with van der Waals surface area (Å²) < 4.78 is 1.71. The Balaban J connectivity index is 1.72. The molecule has 0 aliphatic carbocycles. The molecule has 2 aromatic rings. The molecule has 6 heteroatoms. The van der Waals surface area contributed by atoms with Crippen molar-refractivity contribution in [3.63, 3.8) is 0 Å². The van der Waals surface area contributed by atoms with Gasteiger partial charge in [0.25, 0.3) is 5.91 Å². The molecule has 0 saturated carbocycles. The molecule has 1 aliphatic rings. The second-order valence-corrected chi connectivity index (χ2v) is 5.07. The molecule has 6 nitrogen and oxygen atoms in total. The van der Waals surface area contributed by atoms with E-state index in [0.29, 0.717) is 18.5 Å². The Labute approximate surface area is 121 Å². The van der Waals surface area contributed by atoms with Crippen molar-refractivity contribution in [1.82, 2.24) is 14.7 Å². The van der Waals surface area contributed by atoms with Crippen LogP contribution in [0.3, 0.4) is 0 Å². The fourth-order valence-electron chi connectivity index (χ4n) is 2.51. The fourth-order valence-corrected chi connectivity index (χ4v) is 2.51. The van der Waals surface area contributed by atoms with Gasteiger partial charge in [-0.25, -0.2) is 4.68 Å². The van der Waals surface area contributed by atoms with Gasteiger partial charge >= 0.3 is 5.97 Å². The second kappa shape index (κ2) is 5.40. The molecule has 108 valence electrons. The number of amides is 1. The Morgan fingerprint density at radius 3 is 2.57 bits per heavy atom. The molecular weight excluding hydrogens is 270 g/mol. The maximum atomic E-state index is 12.3. The molecule has 0 spiro atoms. The zero-order chi connectivity index (χ0) is 14.8. The summed E-state index contributed by atoms with van der Waals surface area (Å²) >= 11 is 0. The van der Waals surface area contributed by atoms with Crippen molar-refractivity contribution in [2.45, 2.75) is 6.42 Å². The monoisotopic (exact) mass is 285 g/mol. The first-order valence-corrected chi connectivity index (χ1v) is 6.77. The van der Waals surface area contributed by atoms with Crippen molar-refractivity contribution in [2.75, 3.05) is 13.1 Å². The highest BCUT2D eigenvalue weighted by Crippen LogP contribution is 2.19. The van der Waals surface area contributed by atoms with E-state index >= 15 is 0 Å². The van der Waals surface area contributed by atoms with Gasteiger partial charge in [0.15, 0.2) is 0 Å². The average Bonchev–Trinajstić information content (AvgIpc) is 3.18. The van der Waals surface area contributed by atoms with E-state index in [9.17, 15) is 9.59 Å². The first-order chi connectivity index (χ1) is 10.1. The molecule has 1 aromatic heterocycles. The lowest BCUT2D eigenvalue weighted by Gasteiger charge is -2.16. The van der Waals surface area contributed by atoms with Crippen LogP contribution in [0.2, 0.25) is 0 Å². The van der Waals surface area contributed by atoms with Crippen LogP contribution in [0.4, 0.5) is 0 Å². The highest BCUT2D eigenvalue weighted by molar-refractivity contribution is 5.95. The first-order valence-electron chi connectivity index (χ1n) is 6.77. The van der Waals surface area contributed by atoms with Gasteiger partial charge in [-0.3, -0.25) is 9.59 Å². The quantitative estimate of drug-likeness (QED) is 0.925. The highest BCUT2D eigenvalue weighted by atomic mass is 16.4. The molecule has 2 heterocycles. The number of carboxylic acids is 1. The zero-order valence-electron chi connectivity index (χ0n) is 11.3. The van der Waals surface area contributed by atoms with Crippen LogP contribution in [0, 0.1) is 5.92 Å². The third-order valence-corrected chi connectivity index (χ3v) is 3.71. The van der Waals surface area contributed by atoms with Gasteiger partial charge in [-0.2, -0.15) is 5.10 Å². The standard InChI is InChI=1S/C15H15N3O3/c19-14(17-9-6-12(10-17)15(20)21)11-2-4-13(5-3-11)18-8-1-7-16-18/h1-5,7-8,12H,6,9-10H2,(H,20,21)/t12-/m1/s1. The third-order valence-electron chi connectivity index (χ3n) is 3.71. The van der Waals surface area contributed by atoms with Gasteiger partial charge in [-0.1, -0.05) is 0 Å². The summed E-state index contributed by atoms with van der Waals surface area (Å²) in [7, 11) is 0. The number of carbonyl (C=O) groups excluding carboxylic acids is 1. The molecule has 0 unspecified atom stereocenters. The summed E-state index contributed by atoms with van der Waals surface area (Å²) in [5.74, 6) is -1.40. The summed E-state index contributed by atoms with van der Waals surface area (Å²) in [5.41, 5.74) is 1.44. The highest BCUT2D eigenvalue weighted by Gasteiger charge is 2.31. The van der Waals surface area contributed by atoms with E-state index in [-0.39, 0.29) is 12.5 Å². The van der Waals surface area contributed by atoms with Crippen LogP contribution in [0.25, 0.3) is 5.69 Å². The van der Waals surface area contributed by atoms with E-state index in [0.717, 1.165) is 5.69 Å². The number of hydrogen-bond acceptors (Lipinski definition) is 3. The van der Waals surface area contributed by atoms with Crippen molar-refractivity contribution in [3.05, 3.63) is 48.3 Å². The lowest BCUT2D eigenvalue weighted by atomic mass is 10.1. The number of aromatic nitrogens is 2. The van der Waals surface area contributed by atoms with Crippen LogP contribution in [0.15, 0.2) is 42.7 Å². The molecule has 0 bridgehead atoms. The predicted octanol–water partition coefficient (Wildman–Crippen LogP) is 1.42. The lowest BCUT2D eigenvalue weighted by Crippen LogP contribution is -2.29. The Morgan fingerprint density at radius 2 is 2.00 bits per heavy atom. The molecule has 1 atom stereocenters. The van der Waals surface area contributed by atoms with Gasteiger partial charge in [0.1, 0.15) is 0 Å². The zero-order valence-corrected chi connectivity index (χ0v) is 11.3. The summed E-state index contributed by atoms with van der Waals surface area (Å²) in [6.07, 6.45) is 4.04. The Kier molecular flexibility index (Phi) is 3.43. The van der Waals surface area contributed by atoms with Crippen LogP contribution in [0.1, 0.15) is 16.8 Å². The normalized spacial score (nSPS) is 17.9.